The zero-order valence-electron chi connectivity index (χ0n) is 6.83. The number of halogens is 1. The molecule has 3 rings (SSSR count). The number of fused-ring (bicyclic) bond motifs is 3. The van der Waals surface area contributed by atoms with Gasteiger partial charge in [0.2, 0.25) is 0 Å². The Hall–Kier alpha value is -0.780. The molecule has 0 unspecified atom stereocenters. The topological polar surface area (TPSA) is 26.5 Å². The Morgan fingerprint density at radius 3 is 3.38 bits per heavy atom. The lowest BCUT2D eigenvalue weighted by molar-refractivity contribution is 0.359. The molecule has 2 aromatic heterocycles. The molecule has 0 aromatic carbocycles. The fraction of sp³-hybridized carbons (Fsp3) is 0.222. The van der Waals surface area contributed by atoms with Crippen molar-refractivity contribution < 1.29 is 4.74 Å². The molecule has 0 radical (unpaired) electrons. The van der Waals surface area contributed by atoms with Crippen LogP contribution in [0.2, 0.25) is 0 Å². The van der Waals surface area contributed by atoms with Gasteiger partial charge < -0.3 is 4.74 Å². The Balaban J connectivity index is 2.47. The van der Waals surface area contributed by atoms with Gasteiger partial charge in [-0.3, -0.25) is 0 Å². The van der Waals surface area contributed by atoms with Crippen molar-refractivity contribution in [3.63, 3.8) is 0 Å². The summed E-state index contributed by atoms with van der Waals surface area (Å²) >= 11 is 2.28. The minimum atomic E-state index is 0.802. The SMILES string of the molecule is Ic1cnn2ccc3c(c12)OCC3. The summed E-state index contributed by atoms with van der Waals surface area (Å²) in [5.74, 6) is 1.02. The second-order valence-corrected chi connectivity index (χ2v) is 4.22. The van der Waals surface area contributed by atoms with Gasteiger partial charge in [-0.2, -0.15) is 5.10 Å². The molecule has 0 fully saturated rings. The van der Waals surface area contributed by atoms with E-state index in [-0.39, 0.29) is 0 Å². The Morgan fingerprint density at radius 2 is 2.46 bits per heavy atom. The number of hydrogen-bond donors (Lipinski definition) is 0. The van der Waals surface area contributed by atoms with Crippen LogP contribution in [0.1, 0.15) is 5.56 Å². The second kappa shape index (κ2) is 2.60. The highest BCUT2D eigenvalue weighted by molar-refractivity contribution is 14.1. The molecule has 0 spiro atoms. The molecule has 0 bridgehead atoms. The van der Waals surface area contributed by atoms with Crippen LogP contribution in [0.4, 0.5) is 0 Å². The molecule has 0 saturated heterocycles. The first-order chi connectivity index (χ1) is 6.36. The Bertz CT molecular complexity index is 478. The molecule has 4 heteroatoms. The first kappa shape index (κ1) is 7.61. The maximum absolute atomic E-state index is 5.59. The van der Waals surface area contributed by atoms with Gasteiger partial charge in [-0.25, -0.2) is 4.52 Å². The van der Waals surface area contributed by atoms with Crippen molar-refractivity contribution in [3.05, 3.63) is 27.6 Å². The first-order valence-corrected chi connectivity index (χ1v) is 5.21. The Morgan fingerprint density at radius 1 is 1.54 bits per heavy atom. The van der Waals surface area contributed by atoms with Crippen molar-refractivity contribution in [1.82, 2.24) is 9.61 Å². The predicted octanol–water partition coefficient (Wildman–Crippen LogP) is 1.87. The minimum absolute atomic E-state index is 0.802. The lowest BCUT2D eigenvalue weighted by Crippen LogP contribution is -1.90. The van der Waals surface area contributed by atoms with Crippen molar-refractivity contribution in [3.8, 4) is 5.75 Å². The van der Waals surface area contributed by atoms with E-state index in [0.717, 1.165) is 27.9 Å². The molecular weight excluding hydrogens is 279 g/mol. The van der Waals surface area contributed by atoms with Gasteiger partial charge in [0.15, 0.2) is 0 Å². The van der Waals surface area contributed by atoms with Gasteiger partial charge in [-0.05, 0) is 28.7 Å². The van der Waals surface area contributed by atoms with E-state index in [0.29, 0.717) is 0 Å². The average molecular weight is 286 g/mol. The quantitative estimate of drug-likeness (QED) is 0.691. The van der Waals surface area contributed by atoms with E-state index in [1.54, 1.807) is 0 Å². The minimum Gasteiger partial charge on any atom is -0.491 e. The molecule has 3 heterocycles. The number of ether oxygens (including phenoxy) is 1. The van der Waals surface area contributed by atoms with Gasteiger partial charge in [-0.1, -0.05) is 0 Å². The van der Waals surface area contributed by atoms with Gasteiger partial charge in [0.1, 0.15) is 11.3 Å². The first-order valence-electron chi connectivity index (χ1n) is 4.14. The van der Waals surface area contributed by atoms with Crippen molar-refractivity contribution in [2.24, 2.45) is 0 Å². The fourth-order valence-electron chi connectivity index (χ4n) is 1.68. The molecule has 0 saturated carbocycles. The summed E-state index contributed by atoms with van der Waals surface area (Å²) in [7, 11) is 0. The van der Waals surface area contributed by atoms with Crippen molar-refractivity contribution in [2.45, 2.75) is 6.42 Å². The summed E-state index contributed by atoms with van der Waals surface area (Å²) in [6.07, 6.45) is 4.87. The molecule has 0 amide bonds. The van der Waals surface area contributed by atoms with Gasteiger partial charge in [-0.15, -0.1) is 0 Å². The molecule has 3 nitrogen and oxygen atoms in total. The third-order valence-electron chi connectivity index (χ3n) is 2.29. The molecule has 0 atom stereocenters. The highest BCUT2D eigenvalue weighted by Gasteiger charge is 2.17. The van der Waals surface area contributed by atoms with Gasteiger partial charge in [0.05, 0.1) is 16.4 Å². The molecule has 1 aliphatic rings. The van der Waals surface area contributed by atoms with E-state index in [2.05, 4.69) is 33.8 Å². The van der Waals surface area contributed by atoms with Crippen molar-refractivity contribution in [2.75, 3.05) is 6.61 Å². The van der Waals surface area contributed by atoms with Crippen LogP contribution < -0.4 is 4.74 Å². The smallest absolute Gasteiger partial charge is 0.149 e. The van der Waals surface area contributed by atoms with Gasteiger partial charge in [0, 0.05) is 18.2 Å². The average Bonchev–Trinajstić information content (AvgIpc) is 2.70. The second-order valence-electron chi connectivity index (χ2n) is 3.05. The highest BCUT2D eigenvalue weighted by atomic mass is 127. The Kier molecular flexibility index (Phi) is 1.52. The van der Waals surface area contributed by atoms with Gasteiger partial charge >= 0.3 is 0 Å². The summed E-state index contributed by atoms with van der Waals surface area (Å²) in [6, 6.07) is 2.08. The third-order valence-corrected chi connectivity index (χ3v) is 3.08. The van der Waals surface area contributed by atoms with Crippen LogP contribution in [0.3, 0.4) is 0 Å². The highest BCUT2D eigenvalue weighted by Crippen LogP contribution is 2.32. The monoisotopic (exact) mass is 286 g/mol. The summed E-state index contributed by atoms with van der Waals surface area (Å²) < 4.78 is 8.60. The molecule has 2 aromatic rings. The molecule has 0 N–H and O–H groups in total. The van der Waals surface area contributed by atoms with Crippen LogP contribution in [0.5, 0.6) is 5.75 Å². The van der Waals surface area contributed by atoms with Crippen LogP contribution >= 0.6 is 22.6 Å². The van der Waals surface area contributed by atoms with Crippen LogP contribution in [0, 0.1) is 3.57 Å². The summed E-state index contributed by atoms with van der Waals surface area (Å²) in [4.78, 5) is 0. The number of aromatic nitrogens is 2. The summed E-state index contributed by atoms with van der Waals surface area (Å²) in [5.41, 5.74) is 2.40. The number of hydrogen-bond acceptors (Lipinski definition) is 2. The largest absolute Gasteiger partial charge is 0.491 e. The van der Waals surface area contributed by atoms with E-state index >= 15 is 0 Å². The van der Waals surface area contributed by atoms with Crippen molar-refractivity contribution in [1.29, 1.82) is 0 Å². The number of nitrogens with zero attached hydrogens (tertiary/aromatic N) is 2. The lowest BCUT2D eigenvalue weighted by Gasteiger charge is -2.01. The van der Waals surface area contributed by atoms with Crippen LogP contribution in [0.15, 0.2) is 18.5 Å². The fourth-order valence-corrected chi connectivity index (χ4v) is 2.29. The number of pyridine rings is 1. The zero-order valence-corrected chi connectivity index (χ0v) is 8.98. The Labute approximate surface area is 88.8 Å². The van der Waals surface area contributed by atoms with E-state index in [9.17, 15) is 0 Å². The maximum Gasteiger partial charge on any atom is 0.149 e. The standard InChI is InChI=1S/C9H7IN2O/c10-7-5-11-12-3-1-6-2-4-13-9(6)8(7)12/h1,3,5H,2,4H2. The van der Waals surface area contributed by atoms with E-state index in [1.165, 1.54) is 5.56 Å². The summed E-state index contributed by atoms with van der Waals surface area (Å²) in [6.45, 7) is 0.802. The van der Waals surface area contributed by atoms with Crippen LogP contribution in [-0.4, -0.2) is 16.2 Å². The molecular formula is C9H7IN2O. The van der Waals surface area contributed by atoms with E-state index in [4.69, 9.17) is 4.74 Å². The maximum atomic E-state index is 5.59. The predicted molar refractivity (Wildman–Crippen MR) is 57.1 cm³/mol. The molecule has 13 heavy (non-hydrogen) atoms. The van der Waals surface area contributed by atoms with E-state index < -0.39 is 0 Å². The summed E-state index contributed by atoms with van der Waals surface area (Å²) in [5, 5.41) is 4.22. The van der Waals surface area contributed by atoms with Crippen LogP contribution in [0.25, 0.3) is 5.52 Å². The van der Waals surface area contributed by atoms with E-state index in [1.807, 2.05) is 16.9 Å². The third kappa shape index (κ3) is 0.979. The number of rotatable bonds is 0. The molecule has 1 aliphatic heterocycles. The lowest BCUT2D eigenvalue weighted by atomic mass is 10.2. The zero-order chi connectivity index (χ0) is 8.84. The van der Waals surface area contributed by atoms with Crippen LogP contribution in [-0.2, 0) is 6.42 Å². The molecule has 66 valence electrons. The van der Waals surface area contributed by atoms with Crippen molar-refractivity contribution >= 4 is 28.1 Å². The molecule has 0 aliphatic carbocycles. The van der Waals surface area contributed by atoms with Gasteiger partial charge in [0.25, 0.3) is 0 Å². The normalized spacial score (nSPS) is 14.5.